The van der Waals surface area contributed by atoms with Crippen molar-refractivity contribution in [3.63, 3.8) is 0 Å². The van der Waals surface area contributed by atoms with Crippen molar-refractivity contribution < 1.29 is 28.2 Å². The molecule has 0 aromatic heterocycles. The van der Waals surface area contributed by atoms with Gasteiger partial charge in [0.1, 0.15) is 11.7 Å². The summed E-state index contributed by atoms with van der Waals surface area (Å²) in [5, 5.41) is 3.18. The molecule has 0 saturated heterocycles. The summed E-state index contributed by atoms with van der Waals surface area (Å²) in [4.78, 5) is 39.0. The van der Waals surface area contributed by atoms with Crippen LogP contribution in [-0.2, 0) is 23.9 Å². The van der Waals surface area contributed by atoms with Crippen molar-refractivity contribution in [3.8, 4) is 0 Å². The van der Waals surface area contributed by atoms with Crippen LogP contribution in [-0.4, -0.2) is 30.9 Å². The Hall–Kier alpha value is -2.96. The largest absolute Gasteiger partial charge is 0.468 e. The van der Waals surface area contributed by atoms with E-state index in [1.165, 1.54) is 25.3 Å². The van der Waals surface area contributed by atoms with E-state index in [0.717, 1.165) is 0 Å². The summed E-state index contributed by atoms with van der Waals surface area (Å²) in [5.41, 5.74) is 2.19. The van der Waals surface area contributed by atoms with Gasteiger partial charge in [0, 0.05) is 22.9 Å². The fourth-order valence-corrected chi connectivity index (χ4v) is 4.30. The number of ether oxygens (including phenoxy) is 2. The highest BCUT2D eigenvalue weighted by molar-refractivity contribution is 6.12. The Morgan fingerprint density at radius 3 is 2.65 bits per heavy atom. The smallest absolute Gasteiger partial charge is 0.337 e. The number of carbonyl (C=O) groups excluding carboxylic acids is 3. The molecule has 166 valence electrons. The summed E-state index contributed by atoms with van der Waals surface area (Å²) in [6.45, 7) is 7.24. The van der Waals surface area contributed by atoms with Crippen molar-refractivity contribution in [2.75, 3.05) is 7.11 Å². The number of ketones is 1. The van der Waals surface area contributed by atoms with Crippen LogP contribution in [0.5, 0.6) is 0 Å². The van der Waals surface area contributed by atoms with Gasteiger partial charge in [-0.15, -0.1) is 0 Å². The first kappa shape index (κ1) is 22.7. The third-order valence-electron chi connectivity index (χ3n) is 6.03. The summed E-state index contributed by atoms with van der Waals surface area (Å²) in [6.07, 6.45) is 0.740. The zero-order valence-electron chi connectivity index (χ0n) is 18.5. The van der Waals surface area contributed by atoms with E-state index in [1.54, 1.807) is 19.9 Å². The molecule has 6 nitrogen and oxygen atoms in total. The van der Waals surface area contributed by atoms with Crippen LogP contribution in [0.1, 0.15) is 52.0 Å². The molecular weight excluding hydrogens is 401 g/mol. The number of methoxy groups -OCH3 is 1. The van der Waals surface area contributed by atoms with Gasteiger partial charge in [0.2, 0.25) is 0 Å². The Morgan fingerprint density at radius 1 is 1.32 bits per heavy atom. The normalized spacial score (nSPS) is 24.3. The predicted octanol–water partition coefficient (Wildman–Crippen LogP) is 3.78. The third kappa shape index (κ3) is 4.27. The van der Waals surface area contributed by atoms with Crippen LogP contribution < -0.4 is 5.32 Å². The molecule has 1 heterocycles. The number of esters is 2. The van der Waals surface area contributed by atoms with E-state index < -0.39 is 35.4 Å². The first-order valence-electron chi connectivity index (χ1n) is 10.5. The number of dihydropyridines is 1. The molecular formula is C24H28FNO5. The summed E-state index contributed by atoms with van der Waals surface area (Å²) in [6, 6.07) is 5.82. The van der Waals surface area contributed by atoms with Crippen molar-refractivity contribution in [1.29, 1.82) is 0 Å². The lowest BCUT2D eigenvalue weighted by Gasteiger charge is -2.38. The highest BCUT2D eigenvalue weighted by Crippen LogP contribution is 2.45. The quantitative estimate of drug-likeness (QED) is 0.567. The Labute approximate surface area is 181 Å². The molecule has 4 atom stereocenters. The van der Waals surface area contributed by atoms with Gasteiger partial charge < -0.3 is 14.8 Å². The third-order valence-corrected chi connectivity index (χ3v) is 6.03. The van der Waals surface area contributed by atoms with E-state index in [-0.39, 0.29) is 17.6 Å². The highest BCUT2D eigenvalue weighted by atomic mass is 19.1. The average Bonchev–Trinajstić information content (AvgIpc) is 2.72. The number of nitrogens with one attached hydrogen (secondary N) is 1. The number of rotatable bonds is 5. The van der Waals surface area contributed by atoms with Crippen molar-refractivity contribution in [3.05, 3.63) is 58.2 Å². The fraction of sp³-hybridized carbons (Fsp3) is 0.458. The number of allylic oxidation sites excluding steroid dienone is 3. The zero-order chi connectivity index (χ0) is 22.9. The van der Waals surface area contributed by atoms with Crippen LogP contribution in [0.2, 0.25) is 0 Å². The van der Waals surface area contributed by atoms with Crippen LogP contribution in [0, 0.1) is 17.7 Å². The molecule has 2 aliphatic rings. The van der Waals surface area contributed by atoms with Gasteiger partial charge in [0.15, 0.2) is 5.78 Å². The number of halogens is 1. The van der Waals surface area contributed by atoms with Gasteiger partial charge in [-0.2, -0.15) is 0 Å². The molecule has 0 radical (unpaired) electrons. The van der Waals surface area contributed by atoms with Crippen LogP contribution >= 0.6 is 0 Å². The second-order valence-corrected chi connectivity index (χ2v) is 8.21. The maximum Gasteiger partial charge on any atom is 0.337 e. The number of Topliss-reactive ketones (excluding diaryl/α,β-unsaturated/α-hetero) is 1. The highest BCUT2D eigenvalue weighted by Gasteiger charge is 2.47. The number of hydrogen-bond acceptors (Lipinski definition) is 6. The van der Waals surface area contributed by atoms with Gasteiger partial charge >= 0.3 is 11.9 Å². The SMILES string of the molecule is CC[C@@H](C)OC(=O)C1=C(C)NC2=C(C(=O)[C@H](C(=O)OC)[C@H](C)C2)[C@H]1c1cccc(F)c1. The molecule has 0 unspecified atom stereocenters. The molecule has 0 fully saturated rings. The van der Waals surface area contributed by atoms with E-state index in [1.807, 2.05) is 13.8 Å². The lowest BCUT2D eigenvalue weighted by atomic mass is 9.69. The Balaban J connectivity index is 2.17. The number of carbonyl (C=O) groups is 3. The summed E-state index contributed by atoms with van der Waals surface area (Å²) in [5.74, 6) is -4.17. The Morgan fingerprint density at radius 2 is 2.03 bits per heavy atom. The van der Waals surface area contributed by atoms with Gasteiger partial charge in [-0.3, -0.25) is 9.59 Å². The van der Waals surface area contributed by atoms with Crippen molar-refractivity contribution in [1.82, 2.24) is 5.32 Å². The molecule has 31 heavy (non-hydrogen) atoms. The van der Waals surface area contributed by atoms with Gasteiger partial charge in [-0.1, -0.05) is 26.0 Å². The molecule has 0 bridgehead atoms. The van der Waals surface area contributed by atoms with E-state index in [2.05, 4.69) is 5.32 Å². The monoisotopic (exact) mass is 429 g/mol. The maximum atomic E-state index is 14.1. The van der Waals surface area contributed by atoms with E-state index >= 15 is 0 Å². The predicted molar refractivity (Wildman–Crippen MR) is 112 cm³/mol. The van der Waals surface area contributed by atoms with Crippen molar-refractivity contribution in [2.24, 2.45) is 11.8 Å². The van der Waals surface area contributed by atoms with Crippen LogP contribution in [0.4, 0.5) is 4.39 Å². The minimum absolute atomic E-state index is 0.246. The van der Waals surface area contributed by atoms with E-state index in [0.29, 0.717) is 35.4 Å². The summed E-state index contributed by atoms with van der Waals surface area (Å²) >= 11 is 0. The minimum atomic E-state index is -0.980. The number of benzene rings is 1. The Bertz CT molecular complexity index is 980. The molecule has 3 rings (SSSR count). The van der Waals surface area contributed by atoms with Gasteiger partial charge in [-0.05, 0) is 50.3 Å². The average molecular weight is 429 g/mol. The van der Waals surface area contributed by atoms with Gasteiger partial charge in [0.25, 0.3) is 0 Å². The van der Waals surface area contributed by atoms with Gasteiger partial charge in [0.05, 0.1) is 18.8 Å². The lowest BCUT2D eigenvalue weighted by molar-refractivity contribution is -0.151. The Kier molecular flexibility index (Phi) is 6.62. The molecule has 1 aliphatic carbocycles. The molecule has 1 aliphatic heterocycles. The topological polar surface area (TPSA) is 81.7 Å². The van der Waals surface area contributed by atoms with Crippen LogP contribution in [0.15, 0.2) is 46.8 Å². The van der Waals surface area contributed by atoms with Gasteiger partial charge in [-0.25, -0.2) is 9.18 Å². The molecule has 1 aromatic rings. The second-order valence-electron chi connectivity index (χ2n) is 8.21. The van der Waals surface area contributed by atoms with Crippen LogP contribution in [0.3, 0.4) is 0 Å². The molecule has 0 saturated carbocycles. The lowest BCUT2D eigenvalue weighted by Crippen LogP contribution is -2.43. The van der Waals surface area contributed by atoms with Crippen LogP contribution in [0.25, 0.3) is 0 Å². The second kappa shape index (κ2) is 9.04. The molecule has 1 N–H and O–H groups in total. The molecule has 0 spiro atoms. The minimum Gasteiger partial charge on any atom is -0.468 e. The summed E-state index contributed by atoms with van der Waals surface area (Å²) in [7, 11) is 1.24. The molecule has 0 amide bonds. The first-order chi connectivity index (χ1) is 14.7. The standard InChI is InChI=1S/C24H28FNO5/c1-6-13(3)31-24(29)19-14(4)26-17-10-12(2)18(23(28)30-5)22(27)21(17)20(19)15-8-7-9-16(25)11-15/h7-9,11-13,18,20,26H,6,10H2,1-5H3/t12-,13-,18-,20+/m1/s1. The van der Waals surface area contributed by atoms with Crippen molar-refractivity contribution in [2.45, 2.75) is 52.6 Å². The van der Waals surface area contributed by atoms with E-state index in [4.69, 9.17) is 9.47 Å². The summed E-state index contributed by atoms with van der Waals surface area (Å²) < 4.78 is 24.6. The van der Waals surface area contributed by atoms with E-state index in [9.17, 15) is 18.8 Å². The zero-order valence-corrected chi connectivity index (χ0v) is 18.5. The maximum absolute atomic E-state index is 14.1. The molecule has 7 heteroatoms. The number of hydrogen-bond donors (Lipinski definition) is 1. The first-order valence-corrected chi connectivity index (χ1v) is 10.5. The van der Waals surface area contributed by atoms with Crippen molar-refractivity contribution >= 4 is 17.7 Å². The molecule has 1 aromatic carbocycles. The fourth-order valence-electron chi connectivity index (χ4n) is 4.30.